The predicted molar refractivity (Wildman–Crippen MR) is 63.7 cm³/mol. The van der Waals surface area contributed by atoms with Crippen LogP contribution in [0.25, 0.3) is 0 Å². The van der Waals surface area contributed by atoms with Crippen molar-refractivity contribution >= 4 is 11.7 Å². The molecule has 2 N–H and O–H groups in total. The van der Waals surface area contributed by atoms with Gasteiger partial charge in [0, 0.05) is 12.1 Å². The number of carboxylic acid groups (broad SMARTS) is 1. The molecule has 1 atom stereocenters. The molecule has 0 bridgehead atoms. The number of anilines is 1. The highest BCUT2D eigenvalue weighted by molar-refractivity contribution is 5.89. The Morgan fingerprint density at radius 1 is 1.44 bits per heavy atom. The Hall–Kier alpha value is -1.65. The van der Waals surface area contributed by atoms with Crippen LogP contribution in [0.2, 0.25) is 0 Å². The zero-order valence-corrected chi connectivity index (χ0v) is 10.0. The summed E-state index contributed by atoms with van der Waals surface area (Å²) in [4.78, 5) is 10.8. The molecular weight excluding hydrogens is 240 g/mol. The van der Waals surface area contributed by atoms with Crippen molar-refractivity contribution < 1.29 is 18.7 Å². The zero-order chi connectivity index (χ0) is 13.3. The van der Waals surface area contributed by atoms with Crippen molar-refractivity contribution in [2.75, 3.05) is 5.32 Å². The predicted octanol–water partition coefficient (Wildman–Crippen LogP) is 3.26. The van der Waals surface area contributed by atoms with Gasteiger partial charge in [0.25, 0.3) is 0 Å². The van der Waals surface area contributed by atoms with Crippen LogP contribution < -0.4 is 5.32 Å². The number of carbonyl (C=O) groups is 1. The quantitative estimate of drug-likeness (QED) is 0.849. The standard InChI is InChI=1S/C13H15F2NO2/c1-2-11(7-3-4-7)16-12-5-8(13(17)18)9(14)6-10(12)15/h5-7,11,16H,2-4H2,1H3,(H,17,18). The number of hydrogen-bond acceptors (Lipinski definition) is 2. The second kappa shape index (κ2) is 4.92. The van der Waals surface area contributed by atoms with Gasteiger partial charge in [0.15, 0.2) is 0 Å². The van der Waals surface area contributed by atoms with Gasteiger partial charge in [-0.25, -0.2) is 13.6 Å². The van der Waals surface area contributed by atoms with Gasteiger partial charge in [-0.1, -0.05) is 6.92 Å². The van der Waals surface area contributed by atoms with E-state index < -0.39 is 23.2 Å². The van der Waals surface area contributed by atoms with Gasteiger partial charge in [0.1, 0.15) is 11.6 Å². The van der Waals surface area contributed by atoms with E-state index in [1.807, 2.05) is 6.92 Å². The fraction of sp³-hybridized carbons (Fsp3) is 0.462. The Morgan fingerprint density at radius 3 is 2.61 bits per heavy atom. The lowest BCUT2D eigenvalue weighted by Crippen LogP contribution is -2.22. The lowest BCUT2D eigenvalue weighted by molar-refractivity contribution is 0.0692. The molecule has 0 aromatic heterocycles. The summed E-state index contributed by atoms with van der Waals surface area (Å²) in [6, 6.07) is 1.76. The molecule has 18 heavy (non-hydrogen) atoms. The highest BCUT2D eigenvalue weighted by atomic mass is 19.1. The average Bonchev–Trinajstić information content (AvgIpc) is 3.11. The first-order valence-electron chi connectivity index (χ1n) is 6.01. The van der Waals surface area contributed by atoms with E-state index >= 15 is 0 Å². The van der Waals surface area contributed by atoms with E-state index in [-0.39, 0.29) is 11.7 Å². The SMILES string of the molecule is CCC(Nc1cc(C(=O)O)c(F)cc1F)C1CC1. The van der Waals surface area contributed by atoms with Crippen LogP contribution in [0.15, 0.2) is 12.1 Å². The van der Waals surface area contributed by atoms with Gasteiger partial charge in [-0.3, -0.25) is 0 Å². The number of halogens is 2. The molecule has 0 spiro atoms. The van der Waals surface area contributed by atoms with Crippen LogP contribution in [0.5, 0.6) is 0 Å². The third-order valence-electron chi connectivity index (χ3n) is 3.26. The second-order valence-electron chi connectivity index (χ2n) is 4.61. The van der Waals surface area contributed by atoms with E-state index in [9.17, 15) is 13.6 Å². The summed E-state index contributed by atoms with van der Waals surface area (Å²) in [7, 11) is 0. The third-order valence-corrected chi connectivity index (χ3v) is 3.26. The van der Waals surface area contributed by atoms with Gasteiger partial charge in [-0.2, -0.15) is 0 Å². The maximum atomic E-state index is 13.6. The second-order valence-corrected chi connectivity index (χ2v) is 4.61. The first-order chi connectivity index (χ1) is 8.52. The maximum Gasteiger partial charge on any atom is 0.338 e. The molecule has 0 amide bonds. The molecule has 1 aliphatic rings. The van der Waals surface area contributed by atoms with Gasteiger partial charge in [0.2, 0.25) is 0 Å². The molecule has 0 saturated heterocycles. The Bertz CT molecular complexity index is 472. The van der Waals surface area contributed by atoms with Crippen molar-refractivity contribution in [2.24, 2.45) is 5.92 Å². The minimum Gasteiger partial charge on any atom is -0.478 e. The zero-order valence-electron chi connectivity index (χ0n) is 10.0. The van der Waals surface area contributed by atoms with Gasteiger partial charge >= 0.3 is 5.97 Å². The molecule has 1 unspecified atom stereocenters. The van der Waals surface area contributed by atoms with E-state index in [0.29, 0.717) is 12.0 Å². The van der Waals surface area contributed by atoms with Crippen LogP contribution in [-0.2, 0) is 0 Å². The molecule has 2 rings (SSSR count). The molecule has 0 aliphatic heterocycles. The Kier molecular flexibility index (Phi) is 3.50. The fourth-order valence-electron chi connectivity index (χ4n) is 2.08. The Balaban J connectivity index is 2.26. The molecule has 5 heteroatoms. The molecule has 1 aromatic rings. The summed E-state index contributed by atoms with van der Waals surface area (Å²) in [6.07, 6.45) is 3.02. The summed E-state index contributed by atoms with van der Waals surface area (Å²) in [5, 5.41) is 11.8. The lowest BCUT2D eigenvalue weighted by atomic mass is 10.1. The summed E-state index contributed by atoms with van der Waals surface area (Å²) in [5.74, 6) is -2.69. The molecular formula is C13H15F2NO2. The Morgan fingerprint density at radius 2 is 2.11 bits per heavy atom. The highest BCUT2D eigenvalue weighted by Gasteiger charge is 2.30. The molecule has 1 fully saturated rings. The fourth-order valence-corrected chi connectivity index (χ4v) is 2.08. The van der Waals surface area contributed by atoms with Crippen LogP contribution in [0.3, 0.4) is 0 Å². The van der Waals surface area contributed by atoms with E-state index in [1.165, 1.54) is 0 Å². The van der Waals surface area contributed by atoms with Gasteiger partial charge in [0.05, 0.1) is 11.3 Å². The van der Waals surface area contributed by atoms with E-state index in [2.05, 4.69) is 5.32 Å². The number of benzene rings is 1. The van der Waals surface area contributed by atoms with Gasteiger partial charge < -0.3 is 10.4 Å². The van der Waals surface area contributed by atoms with Crippen molar-refractivity contribution in [1.29, 1.82) is 0 Å². The average molecular weight is 255 g/mol. The topological polar surface area (TPSA) is 49.3 Å². The lowest BCUT2D eigenvalue weighted by Gasteiger charge is -2.18. The minimum atomic E-state index is -1.39. The third kappa shape index (κ3) is 2.60. The van der Waals surface area contributed by atoms with Crippen LogP contribution in [0.4, 0.5) is 14.5 Å². The van der Waals surface area contributed by atoms with Crippen molar-refractivity contribution in [3.63, 3.8) is 0 Å². The maximum absolute atomic E-state index is 13.6. The summed E-state index contributed by atoms with van der Waals surface area (Å²) in [5.41, 5.74) is -0.447. The summed E-state index contributed by atoms with van der Waals surface area (Å²) >= 11 is 0. The van der Waals surface area contributed by atoms with Crippen LogP contribution >= 0.6 is 0 Å². The summed E-state index contributed by atoms with van der Waals surface area (Å²) < 4.78 is 26.8. The number of hydrogen-bond donors (Lipinski definition) is 2. The Labute approximate surface area is 104 Å². The van der Waals surface area contributed by atoms with Crippen molar-refractivity contribution in [3.8, 4) is 0 Å². The van der Waals surface area contributed by atoms with Gasteiger partial charge in [-0.15, -0.1) is 0 Å². The van der Waals surface area contributed by atoms with E-state index in [1.54, 1.807) is 0 Å². The molecule has 1 saturated carbocycles. The van der Waals surface area contributed by atoms with Crippen molar-refractivity contribution in [3.05, 3.63) is 29.3 Å². The largest absolute Gasteiger partial charge is 0.478 e. The highest BCUT2D eigenvalue weighted by Crippen LogP contribution is 2.36. The van der Waals surface area contributed by atoms with Crippen LogP contribution in [0.1, 0.15) is 36.5 Å². The van der Waals surface area contributed by atoms with Gasteiger partial charge in [-0.05, 0) is 31.2 Å². The first kappa shape index (κ1) is 12.8. The van der Waals surface area contributed by atoms with E-state index in [0.717, 1.165) is 25.3 Å². The molecule has 98 valence electrons. The molecule has 1 aliphatic carbocycles. The molecule has 1 aromatic carbocycles. The number of rotatable bonds is 5. The van der Waals surface area contributed by atoms with E-state index in [4.69, 9.17) is 5.11 Å². The van der Waals surface area contributed by atoms with Crippen LogP contribution in [0, 0.1) is 17.6 Å². The number of aromatic carboxylic acids is 1. The normalized spacial score (nSPS) is 16.4. The van der Waals surface area contributed by atoms with Crippen molar-refractivity contribution in [2.45, 2.75) is 32.2 Å². The minimum absolute atomic E-state index is 0.0625. The first-order valence-corrected chi connectivity index (χ1v) is 6.01. The molecule has 0 heterocycles. The summed E-state index contributed by atoms with van der Waals surface area (Å²) in [6.45, 7) is 1.98. The van der Waals surface area contributed by atoms with Crippen LogP contribution in [-0.4, -0.2) is 17.1 Å². The smallest absolute Gasteiger partial charge is 0.338 e. The van der Waals surface area contributed by atoms with Crippen molar-refractivity contribution in [1.82, 2.24) is 0 Å². The number of nitrogens with one attached hydrogen (secondary N) is 1. The monoisotopic (exact) mass is 255 g/mol. The number of carboxylic acids is 1. The molecule has 3 nitrogen and oxygen atoms in total. The molecule has 0 radical (unpaired) electrons.